The summed E-state index contributed by atoms with van der Waals surface area (Å²) in [7, 11) is 0. The van der Waals surface area contributed by atoms with Gasteiger partial charge in [-0.05, 0) is 17.7 Å². The topological polar surface area (TPSA) is 58.6 Å². The van der Waals surface area contributed by atoms with Gasteiger partial charge in [-0.3, -0.25) is 4.79 Å². The number of benzene rings is 2. The summed E-state index contributed by atoms with van der Waals surface area (Å²) in [6, 6.07) is 18.3. The lowest BCUT2D eigenvalue weighted by molar-refractivity contribution is -0.00429. The number of nitrogens with one attached hydrogen (secondary N) is 1. The Morgan fingerprint density at radius 1 is 1.10 bits per heavy atom. The second kappa shape index (κ2) is 7.93. The molecule has 0 aliphatic heterocycles. The van der Waals surface area contributed by atoms with Crippen LogP contribution in [0.4, 0.5) is 0 Å². The fourth-order valence-corrected chi connectivity index (χ4v) is 1.98. The zero-order chi connectivity index (χ0) is 15.1. The summed E-state index contributed by atoms with van der Waals surface area (Å²) in [5.41, 5.74) is 1.47. The highest BCUT2D eigenvalue weighted by Gasteiger charge is 2.19. The number of hydrogen-bond acceptors (Lipinski definition) is 3. The maximum atomic E-state index is 11.9. The van der Waals surface area contributed by atoms with Crippen molar-refractivity contribution >= 4 is 21.8 Å². The van der Waals surface area contributed by atoms with Gasteiger partial charge < -0.3 is 15.2 Å². The van der Waals surface area contributed by atoms with E-state index in [0.29, 0.717) is 12.2 Å². The van der Waals surface area contributed by atoms with E-state index in [2.05, 4.69) is 21.2 Å². The largest absolute Gasteiger partial charge is 0.370 e. The zero-order valence-electron chi connectivity index (χ0n) is 11.3. The highest BCUT2D eigenvalue weighted by atomic mass is 79.9. The fraction of sp³-hybridized carbons (Fsp3) is 0.188. The van der Waals surface area contributed by atoms with Crippen molar-refractivity contribution in [3.8, 4) is 0 Å². The van der Waals surface area contributed by atoms with Gasteiger partial charge in [0.15, 0.2) is 11.2 Å². The summed E-state index contributed by atoms with van der Waals surface area (Å²) in [5, 5.41) is 11.7. The molecule has 0 spiro atoms. The van der Waals surface area contributed by atoms with Crippen LogP contribution in [-0.2, 0) is 11.3 Å². The van der Waals surface area contributed by atoms with Crippen molar-refractivity contribution < 1.29 is 14.6 Å². The van der Waals surface area contributed by atoms with Crippen LogP contribution in [0, 0.1) is 0 Å². The summed E-state index contributed by atoms with van der Waals surface area (Å²) in [5.74, 6) is -0.351. The van der Waals surface area contributed by atoms with Crippen molar-refractivity contribution in [1.82, 2.24) is 5.32 Å². The first-order valence-corrected chi connectivity index (χ1v) is 7.42. The molecule has 0 aliphatic carbocycles. The van der Waals surface area contributed by atoms with E-state index in [-0.39, 0.29) is 5.91 Å². The standard InChI is InChI=1S/C16H16BrNO3/c17-14(21-11-12-7-3-1-4-8-12)16(20)18-15(19)13-9-5-2-6-10-13/h1-10,14,16,20H,11H2,(H,18,19)/t14-,16+/m0/s1. The SMILES string of the molecule is O=C(N[C@H](O)[C@@H](Br)OCc1ccccc1)c1ccccc1. The van der Waals surface area contributed by atoms with Crippen molar-refractivity contribution in [2.45, 2.75) is 17.8 Å². The molecule has 2 N–H and O–H groups in total. The first-order valence-electron chi connectivity index (χ1n) is 6.50. The Hall–Kier alpha value is -1.69. The lowest BCUT2D eigenvalue weighted by atomic mass is 10.2. The van der Waals surface area contributed by atoms with E-state index >= 15 is 0 Å². The summed E-state index contributed by atoms with van der Waals surface area (Å²) in [6.07, 6.45) is -1.14. The average molecular weight is 350 g/mol. The predicted octanol–water partition coefficient (Wildman–Crippen LogP) is 2.67. The molecule has 4 nitrogen and oxygen atoms in total. The maximum Gasteiger partial charge on any atom is 0.253 e. The van der Waals surface area contributed by atoms with E-state index in [1.807, 2.05) is 36.4 Å². The third kappa shape index (κ3) is 4.97. The smallest absolute Gasteiger partial charge is 0.253 e. The molecule has 5 heteroatoms. The minimum absolute atomic E-state index is 0.342. The maximum absolute atomic E-state index is 11.9. The Kier molecular flexibility index (Phi) is 5.92. The molecule has 1 amide bonds. The molecule has 0 fully saturated rings. The van der Waals surface area contributed by atoms with Crippen LogP contribution in [0.5, 0.6) is 0 Å². The van der Waals surface area contributed by atoms with Crippen LogP contribution >= 0.6 is 15.9 Å². The third-order valence-corrected chi connectivity index (χ3v) is 3.58. The predicted molar refractivity (Wildman–Crippen MR) is 83.9 cm³/mol. The number of hydrogen-bond donors (Lipinski definition) is 2. The molecule has 21 heavy (non-hydrogen) atoms. The van der Waals surface area contributed by atoms with Crippen molar-refractivity contribution in [3.63, 3.8) is 0 Å². The van der Waals surface area contributed by atoms with Gasteiger partial charge in [0.25, 0.3) is 5.91 Å². The molecular weight excluding hydrogens is 334 g/mol. The van der Waals surface area contributed by atoms with Crippen LogP contribution in [0.3, 0.4) is 0 Å². The van der Waals surface area contributed by atoms with Gasteiger partial charge >= 0.3 is 0 Å². The molecule has 0 aromatic heterocycles. The second-order valence-corrected chi connectivity index (χ2v) is 5.33. The van der Waals surface area contributed by atoms with Crippen LogP contribution in [0.25, 0.3) is 0 Å². The van der Waals surface area contributed by atoms with E-state index in [1.165, 1.54) is 0 Å². The van der Waals surface area contributed by atoms with E-state index in [4.69, 9.17) is 4.74 Å². The molecule has 0 aliphatic rings. The van der Waals surface area contributed by atoms with Crippen molar-refractivity contribution in [3.05, 3.63) is 71.8 Å². The number of aliphatic hydroxyl groups is 1. The Balaban J connectivity index is 1.82. The van der Waals surface area contributed by atoms with Crippen molar-refractivity contribution in [1.29, 1.82) is 0 Å². The second-order valence-electron chi connectivity index (χ2n) is 4.43. The third-order valence-electron chi connectivity index (χ3n) is 2.82. The van der Waals surface area contributed by atoms with E-state index in [1.54, 1.807) is 24.3 Å². The van der Waals surface area contributed by atoms with Crippen LogP contribution in [-0.4, -0.2) is 22.3 Å². The summed E-state index contributed by atoms with van der Waals surface area (Å²) >= 11 is 3.21. The van der Waals surface area contributed by atoms with Crippen LogP contribution in [0.1, 0.15) is 15.9 Å². The number of carbonyl (C=O) groups is 1. The number of alkyl halides is 1. The van der Waals surface area contributed by atoms with E-state index in [0.717, 1.165) is 5.56 Å². The Morgan fingerprint density at radius 2 is 1.67 bits per heavy atom. The molecule has 0 unspecified atom stereocenters. The highest BCUT2D eigenvalue weighted by Crippen LogP contribution is 2.11. The van der Waals surface area contributed by atoms with Crippen molar-refractivity contribution in [2.24, 2.45) is 0 Å². The molecular formula is C16H16BrNO3. The van der Waals surface area contributed by atoms with Crippen LogP contribution < -0.4 is 5.32 Å². The first kappa shape index (κ1) is 15.7. The molecule has 0 saturated carbocycles. The summed E-state index contributed by atoms with van der Waals surface area (Å²) in [4.78, 5) is 11.9. The lowest BCUT2D eigenvalue weighted by Gasteiger charge is -2.19. The lowest BCUT2D eigenvalue weighted by Crippen LogP contribution is -2.41. The van der Waals surface area contributed by atoms with Gasteiger partial charge in [-0.1, -0.05) is 64.5 Å². The number of ether oxygens (including phenoxy) is 1. The molecule has 2 rings (SSSR count). The normalized spacial score (nSPS) is 13.4. The molecule has 2 aromatic rings. The molecule has 2 aromatic carbocycles. The first-order chi connectivity index (χ1) is 10.2. The number of aliphatic hydroxyl groups excluding tert-OH is 1. The van der Waals surface area contributed by atoms with Gasteiger partial charge in [-0.2, -0.15) is 0 Å². The molecule has 0 bridgehead atoms. The van der Waals surface area contributed by atoms with Crippen LogP contribution in [0.15, 0.2) is 60.7 Å². The van der Waals surface area contributed by atoms with Gasteiger partial charge in [0.2, 0.25) is 0 Å². The Bertz CT molecular complexity index is 562. The minimum atomic E-state index is -1.14. The van der Waals surface area contributed by atoms with Crippen LogP contribution in [0.2, 0.25) is 0 Å². The van der Waals surface area contributed by atoms with E-state index in [9.17, 15) is 9.90 Å². The Morgan fingerprint density at radius 3 is 2.29 bits per heavy atom. The monoisotopic (exact) mass is 349 g/mol. The fourth-order valence-electron chi connectivity index (χ4n) is 1.71. The van der Waals surface area contributed by atoms with Gasteiger partial charge in [0.1, 0.15) is 0 Å². The number of carbonyl (C=O) groups excluding carboxylic acids is 1. The number of halogens is 1. The minimum Gasteiger partial charge on any atom is -0.370 e. The molecule has 0 radical (unpaired) electrons. The van der Waals surface area contributed by atoms with Gasteiger partial charge in [-0.25, -0.2) is 0 Å². The van der Waals surface area contributed by atoms with Gasteiger partial charge in [-0.15, -0.1) is 0 Å². The zero-order valence-corrected chi connectivity index (χ0v) is 12.9. The number of rotatable bonds is 6. The molecule has 2 atom stereocenters. The van der Waals surface area contributed by atoms with E-state index < -0.39 is 11.2 Å². The average Bonchev–Trinajstić information content (AvgIpc) is 2.54. The van der Waals surface area contributed by atoms with Crippen molar-refractivity contribution in [2.75, 3.05) is 0 Å². The Labute approximate surface area is 131 Å². The molecule has 0 heterocycles. The van der Waals surface area contributed by atoms with Gasteiger partial charge in [0.05, 0.1) is 6.61 Å². The summed E-state index contributed by atoms with van der Waals surface area (Å²) in [6.45, 7) is 0.342. The molecule has 0 saturated heterocycles. The highest BCUT2D eigenvalue weighted by molar-refractivity contribution is 9.09. The van der Waals surface area contributed by atoms with Gasteiger partial charge in [0, 0.05) is 5.56 Å². The summed E-state index contributed by atoms with van der Waals surface area (Å²) < 4.78 is 5.48. The number of amides is 1. The quantitative estimate of drug-likeness (QED) is 0.622. The molecule has 110 valence electrons.